The molecule has 1 saturated heterocycles. The van der Waals surface area contributed by atoms with Crippen LogP contribution in [0.25, 0.3) is 16.5 Å². The third-order valence-electron chi connectivity index (χ3n) is 5.80. The molecule has 0 aliphatic carbocycles. The number of hydrogen-bond donors (Lipinski definition) is 0. The van der Waals surface area contributed by atoms with E-state index in [1.165, 1.54) is 5.56 Å². The molecule has 158 valence electrons. The van der Waals surface area contributed by atoms with Gasteiger partial charge in [0.15, 0.2) is 0 Å². The normalized spacial score (nSPS) is 16.0. The predicted octanol–water partition coefficient (Wildman–Crippen LogP) is 3.53. The van der Waals surface area contributed by atoms with Gasteiger partial charge in [-0.05, 0) is 46.7 Å². The molecule has 1 aliphatic heterocycles. The summed E-state index contributed by atoms with van der Waals surface area (Å²) < 4.78 is 29.7. The maximum absolute atomic E-state index is 13.1. The van der Waals surface area contributed by atoms with Crippen LogP contribution in [0.1, 0.15) is 5.56 Å². The molecule has 3 aromatic carbocycles. The van der Waals surface area contributed by atoms with E-state index < -0.39 is 10.0 Å². The van der Waals surface area contributed by atoms with E-state index in [1.807, 2.05) is 47.3 Å². The third kappa shape index (κ3) is 4.12. The van der Waals surface area contributed by atoms with Gasteiger partial charge in [0.2, 0.25) is 10.0 Å². The zero-order valence-corrected chi connectivity index (χ0v) is 17.9. The van der Waals surface area contributed by atoms with Crippen LogP contribution in [0.2, 0.25) is 0 Å². The van der Waals surface area contributed by atoms with Crippen LogP contribution in [0, 0.1) is 0 Å². The molecular weight excluding hydrogens is 408 g/mol. The predicted molar refractivity (Wildman–Crippen MR) is 122 cm³/mol. The van der Waals surface area contributed by atoms with Crippen molar-refractivity contribution >= 4 is 20.8 Å². The molecule has 4 aromatic rings. The highest BCUT2D eigenvalue weighted by Gasteiger charge is 2.28. The summed E-state index contributed by atoms with van der Waals surface area (Å²) in [6.07, 6.45) is 3.68. The SMILES string of the molecule is O=S(=O)(c1ccc2ccccc2c1)N1CCN(Cc2ccc(-n3cccn3)cc2)CC1. The number of piperazine rings is 1. The molecule has 0 unspecified atom stereocenters. The molecule has 1 aliphatic rings. The van der Waals surface area contributed by atoms with Gasteiger partial charge in [0.1, 0.15) is 0 Å². The fourth-order valence-corrected chi connectivity index (χ4v) is 5.50. The summed E-state index contributed by atoms with van der Waals surface area (Å²) in [6, 6.07) is 23.4. The van der Waals surface area contributed by atoms with Gasteiger partial charge in [-0.3, -0.25) is 4.90 Å². The Morgan fingerprint density at radius 1 is 0.806 bits per heavy atom. The van der Waals surface area contributed by atoms with Crippen LogP contribution < -0.4 is 0 Å². The second kappa shape index (κ2) is 8.26. The minimum absolute atomic E-state index is 0.369. The number of benzene rings is 3. The quantitative estimate of drug-likeness (QED) is 0.484. The largest absolute Gasteiger partial charge is 0.296 e. The van der Waals surface area contributed by atoms with Crippen molar-refractivity contribution in [1.82, 2.24) is 19.0 Å². The fourth-order valence-electron chi connectivity index (χ4n) is 4.04. The molecule has 0 spiro atoms. The van der Waals surface area contributed by atoms with Crippen molar-refractivity contribution in [2.24, 2.45) is 0 Å². The molecule has 5 rings (SSSR count). The maximum atomic E-state index is 13.1. The monoisotopic (exact) mass is 432 g/mol. The van der Waals surface area contributed by atoms with Crippen LogP contribution in [0.5, 0.6) is 0 Å². The highest BCUT2D eigenvalue weighted by Crippen LogP contribution is 2.23. The van der Waals surface area contributed by atoms with Crippen LogP contribution in [-0.4, -0.2) is 53.6 Å². The summed E-state index contributed by atoms with van der Waals surface area (Å²) in [4.78, 5) is 2.67. The van der Waals surface area contributed by atoms with Gasteiger partial charge in [0, 0.05) is 45.1 Å². The Morgan fingerprint density at radius 2 is 1.55 bits per heavy atom. The molecule has 31 heavy (non-hydrogen) atoms. The Kier molecular flexibility index (Phi) is 5.31. The Labute approximate surface area is 182 Å². The number of rotatable bonds is 5. The third-order valence-corrected chi connectivity index (χ3v) is 7.70. The van der Waals surface area contributed by atoms with Crippen molar-refractivity contribution < 1.29 is 8.42 Å². The van der Waals surface area contributed by atoms with Gasteiger partial charge in [0.25, 0.3) is 0 Å². The second-order valence-electron chi connectivity index (χ2n) is 7.81. The van der Waals surface area contributed by atoms with Crippen molar-refractivity contribution in [2.45, 2.75) is 11.4 Å². The molecular formula is C24H24N4O2S. The first-order chi connectivity index (χ1) is 15.1. The molecule has 6 nitrogen and oxygen atoms in total. The lowest BCUT2D eigenvalue weighted by molar-refractivity contribution is 0.181. The minimum atomic E-state index is -3.48. The standard InChI is InChI=1S/C24H24N4O2S/c29-31(30,24-11-8-21-4-1-2-5-22(21)18-24)27-16-14-26(15-17-27)19-20-6-9-23(10-7-20)28-13-3-12-25-28/h1-13,18H,14-17,19H2. The molecule has 1 fully saturated rings. The van der Waals surface area contributed by atoms with Gasteiger partial charge < -0.3 is 0 Å². The summed E-state index contributed by atoms with van der Waals surface area (Å²) in [5.74, 6) is 0. The van der Waals surface area contributed by atoms with Crippen molar-refractivity contribution in [1.29, 1.82) is 0 Å². The number of aromatic nitrogens is 2. The Bertz CT molecular complexity index is 1280. The summed E-state index contributed by atoms with van der Waals surface area (Å²) in [7, 11) is -3.48. The van der Waals surface area contributed by atoms with E-state index >= 15 is 0 Å². The highest BCUT2D eigenvalue weighted by atomic mass is 32.2. The first-order valence-electron chi connectivity index (χ1n) is 10.4. The molecule has 0 saturated carbocycles. The Balaban J connectivity index is 1.23. The van der Waals surface area contributed by atoms with E-state index in [0.29, 0.717) is 31.1 Å². The van der Waals surface area contributed by atoms with Gasteiger partial charge in [-0.1, -0.05) is 42.5 Å². The average molecular weight is 433 g/mol. The molecule has 1 aromatic heterocycles. The van der Waals surface area contributed by atoms with E-state index in [-0.39, 0.29) is 0 Å². The van der Waals surface area contributed by atoms with Gasteiger partial charge in [0.05, 0.1) is 10.6 Å². The fraction of sp³-hybridized carbons (Fsp3) is 0.208. The van der Waals surface area contributed by atoms with E-state index in [2.05, 4.69) is 34.3 Å². The molecule has 0 atom stereocenters. The van der Waals surface area contributed by atoms with Crippen molar-refractivity contribution in [3.63, 3.8) is 0 Å². The zero-order valence-electron chi connectivity index (χ0n) is 17.1. The van der Waals surface area contributed by atoms with E-state index in [0.717, 1.165) is 23.0 Å². The summed E-state index contributed by atoms with van der Waals surface area (Å²) >= 11 is 0. The second-order valence-corrected chi connectivity index (χ2v) is 9.74. The zero-order chi connectivity index (χ0) is 21.3. The number of fused-ring (bicyclic) bond motifs is 1. The van der Waals surface area contributed by atoms with Crippen LogP contribution in [0.15, 0.2) is 90.1 Å². The van der Waals surface area contributed by atoms with Gasteiger partial charge in [-0.25, -0.2) is 13.1 Å². The Hall–Kier alpha value is -3.00. The molecule has 7 heteroatoms. The molecule has 0 radical (unpaired) electrons. The summed E-state index contributed by atoms with van der Waals surface area (Å²) in [5, 5.41) is 6.24. The lowest BCUT2D eigenvalue weighted by Crippen LogP contribution is -2.48. The topological polar surface area (TPSA) is 58.4 Å². The van der Waals surface area contributed by atoms with Crippen molar-refractivity contribution in [3.8, 4) is 5.69 Å². The van der Waals surface area contributed by atoms with E-state index in [9.17, 15) is 8.42 Å². The van der Waals surface area contributed by atoms with Crippen LogP contribution in [0.4, 0.5) is 0 Å². The first-order valence-corrected chi connectivity index (χ1v) is 11.8. The van der Waals surface area contributed by atoms with Crippen molar-refractivity contribution in [3.05, 3.63) is 90.8 Å². The lowest BCUT2D eigenvalue weighted by Gasteiger charge is -2.34. The highest BCUT2D eigenvalue weighted by molar-refractivity contribution is 7.89. The smallest absolute Gasteiger partial charge is 0.243 e. The van der Waals surface area contributed by atoms with Gasteiger partial charge >= 0.3 is 0 Å². The summed E-state index contributed by atoms with van der Waals surface area (Å²) in [5.41, 5.74) is 2.24. The van der Waals surface area contributed by atoms with Gasteiger partial charge in [-0.15, -0.1) is 0 Å². The molecule has 0 bridgehead atoms. The number of nitrogens with zero attached hydrogens (tertiary/aromatic N) is 4. The first kappa shape index (κ1) is 19.9. The minimum Gasteiger partial charge on any atom is -0.296 e. The number of sulfonamides is 1. The lowest BCUT2D eigenvalue weighted by atomic mass is 10.1. The molecule has 0 N–H and O–H groups in total. The number of hydrogen-bond acceptors (Lipinski definition) is 4. The summed E-state index contributed by atoms with van der Waals surface area (Å²) in [6.45, 7) is 3.24. The average Bonchev–Trinajstić information content (AvgIpc) is 3.35. The van der Waals surface area contributed by atoms with Crippen LogP contribution >= 0.6 is 0 Å². The maximum Gasteiger partial charge on any atom is 0.243 e. The Morgan fingerprint density at radius 3 is 2.26 bits per heavy atom. The van der Waals surface area contributed by atoms with Crippen LogP contribution in [-0.2, 0) is 16.6 Å². The van der Waals surface area contributed by atoms with Crippen LogP contribution in [0.3, 0.4) is 0 Å². The molecule has 2 heterocycles. The van der Waals surface area contributed by atoms with E-state index in [4.69, 9.17) is 0 Å². The van der Waals surface area contributed by atoms with E-state index in [1.54, 1.807) is 22.6 Å². The molecule has 0 amide bonds. The van der Waals surface area contributed by atoms with Crippen molar-refractivity contribution in [2.75, 3.05) is 26.2 Å². The van der Waals surface area contributed by atoms with Gasteiger partial charge in [-0.2, -0.15) is 9.40 Å².